The monoisotopic (exact) mass is 294 g/mol. The number of pyridine rings is 1. The number of amides is 1. The molecule has 2 rings (SSSR count). The average Bonchev–Trinajstić information content (AvgIpc) is 2.41. The van der Waals surface area contributed by atoms with Crippen molar-refractivity contribution in [2.45, 2.75) is 40.0 Å². The van der Waals surface area contributed by atoms with Gasteiger partial charge in [0.25, 0.3) is 0 Å². The van der Waals surface area contributed by atoms with Crippen LogP contribution in [0.1, 0.15) is 40.0 Å². The Kier molecular flexibility index (Phi) is 5.03. The predicted molar refractivity (Wildman–Crippen MR) is 82.7 cm³/mol. The van der Waals surface area contributed by atoms with E-state index in [0.717, 1.165) is 12.8 Å². The Bertz CT molecular complexity index is 458. The smallest absolute Gasteiger partial charge is 0.228 e. The van der Waals surface area contributed by atoms with Gasteiger partial charge in [-0.1, -0.05) is 38.8 Å². The lowest BCUT2D eigenvalue weighted by Gasteiger charge is -2.36. The third-order valence-electron chi connectivity index (χ3n) is 4.34. The molecule has 0 unspecified atom stereocenters. The fourth-order valence-electron chi connectivity index (χ4n) is 3.17. The molecule has 20 heavy (non-hydrogen) atoms. The van der Waals surface area contributed by atoms with Gasteiger partial charge >= 0.3 is 0 Å². The van der Waals surface area contributed by atoms with Crippen molar-refractivity contribution in [2.75, 3.05) is 5.32 Å². The second kappa shape index (κ2) is 6.57. The van der Waals surface area contributed by atoms with E-state index in [2.05, 4.69) is 31.1 Å². The van der Waals surface area contributed by atoms with Crippen LogP contribution in [-0.2, 0) is 4.79 Å². The van der Waals surface area contributed by atoms with Crippen molar-refractivity contribution in [3.63, 3.8) is 0 Å². The molecule has 0 bridgehead atoms. The summed E-state index contributed by atoms with van der Waals surface area (Å²) >= 11 is 5.81. The lowest BCUT2D eigenvalue weighted by molar-refractivity contribution is -0.124. The number of carbonyl (C=O) groups is 1. The van der Waals surface area contributed by atoms with Crippen molar-refractivity contribution in [1.82, 2.24) is 4.98 Å². The van der Waals surface area contributed by atoms with Gasteiger partial charge in [0.15, 0.2) is 0 Å². The van der Waals surface area contributed by atoms with Crippen LogP contribution in [0.15, 0.2) is 18.3 Å². The second-order valence-electron chi connectivity index (χ2n) is 6.28. The summed E-state index contributed by atoms with van der Waals surface area (Å²) in [5.41, 5.74) is 0. The fourth-order valence-corrected chi connectivity index (χ4v) is 3.28. The zero-order valence-corrected chi connectivity index (χ0v) is 13.2. The molecule has 110 valence electrons. The number of nitrogens with one attached hydrogen (secondary N) is 1. The summed E-state index contributed by atoms with van der Waals surface area (Å²) in [5.74, 6) is 2.41. The maximum atomic E-state index is 12.5. The third-order valence-corrected chi connectivity index (χ3v) is 4.56. The average molecular weight is 295 g/mol. The lowest BCUT2D eigenvalue weighted by atomic mass is 9.70. The van der Waals surface area contributed by atoms with Gasteiger partial charge in [0.2, 0.25) is 5.91 Å². The van der Waals surface area contributed by atoms with E-state index in [4.69, 9.17) is 11.6 Å². The Balaban J connectivity index is 2.07. The van der Waals surface area contributed by atoms with Gasteiger partial charge in [-0.25, -0.2) is 4.98 Å². The van der Waals surface area contributed by atoms with Gasteiger partial charge in [0, 0.05) is 12.1 Å². The van der Waals surface area contributed by atoms with E-state index in [0.29, 0.717) is 28.6 Å². The van der Waals surface area contributed by atoms with Gasteiger partial charge < -0.3 is 5.32 Å². The maximum absolute atomic E-state index is 12.5. The van der Waals surface area contributed by atoms with Crippen LogP contribution in [0.4, 0.5) is 5.82 Å². The molecule has 0 aromatic carbocycles. The number of hydrogen-bond acceptors (Lipinski definition) is 2. The van der Waals surface area contributed by atoms with Crippen molar-refractivity contribution in [2.24, 2.45) is 23.7 Å². The lowest BCUT2D eigenvalue weighted by Crippen LogP contribution is -2.36. The molecule has 0 spiro atoms. The van der Waals surface area contributed by atoms with Crippen LogP contribution in [-0.4, -0.2) is 10.9 Å². The largest absolute Gasteiger partial charge is 0.310 e. The first-order valence-corrected chi connectivity index (χ1v) is 7.77. The first kappa shape index (κ1) is 15.3. The molecule has 3 atom stereocenters. The number of carbonyl (C=O) groups excluding carboxylic acids is 1. The van der Waals surface area contributed by atoms with Gasteiger partial charge in [-0.15, -0.1) is 0 Å². The van der Waals surface area contributed by atoms with Crippen LogP contribution in [0.5, 0.6) is 0 Å². The summed E-state index contributed by atoms with van der Waals surface area (Å²) in [7, 11) is 0. The van der Waals surface area contributed by atoms with E-state index in [9.17, 15) is 4.79 Å². The summed E-state index contributed by atoms with van der Waals surface area (Å²) in [6.45, 7) is 6.65. The van der Waals surface area contributed by atoms with E-state index in [1.165, 1.54) is 6.42 Å². The zero-order chi connectivity index (χ0) is 14.7. The van der Waals surface area contributed by atoms with Crippen LogP contribution in [0.3, 0.4) is 0 Å². The molecule has 1 heterocycles. The van der Waals surface area contributed by atoms with E-state index in [1.54, 1.807) is 18.3 Å². The second-order valence-corrected chi connectivity index (χ2v) is 6.72. The zero-order valence-electron chi connectivity index (χ0n) is 12.4. The molecule has 1 amide bonds. The normalized spacial score (nSPS) is 26.6. The first-order chi connectivity index (χ1) is 9.47. The Hall–Kier alpha value is -1.09. The predicted octanol–water partition coefficient (Wildman–Crippen LogP) is 4.38. The standard InChI is InChI=1S/C16H23ClN2O/c1-10(2)13-6-4-11(3)8-14(13)16(20)19-15-7-5-12(17)9-18-15/h5,7,9-11,13-14H,4,6,8H2,1-3H3,(H,18,19,20)/t11-,13+,14-/m1/s1. The van der Waals surface area contributed by atoms with Gasteiger partial charge in [0.1, 0.15) is 5.82 Å². The number of rotatable bonds is 3. The molecule has 0 saturated heterocycles. The fraction of sp³-hybridized carbons (Fsp3) is 0.625. The van der Waals surface area contributed by atoms with Crippen molar-refractivity contribution < 1.29 is 4.79 Å². The Morgan fingerprint density at radius 2 is 2.15 bits per heavy atom. The highest BCUT2D eigenvalue weighted by atomic mass is 35.5. The molecule has 1 fully saturated rings. The Labute approximate surface area is 126 Å². The van der Waals surface area contributed by atoms with Crippen LogP contribution >= 0.6 is 11.6 Å². The molecule has 1 aliphatic carbocycles. The molecular formula is C16H23ClN2O. The SMILES string of the molecule is CC(C)[C@@H]1CC[C@@H](C)C[C@H]1C(=O)Nc1ccc(Cl)cn1. The molecule has 1 aliphatic rings. The molecular weight excluding hydrogens is 272 g/mol. The molecule has 1 saturated carbocycles. The summed E-state index contributed by atoms with van der Waals surface area (Å²) in [6.07, 6.45) is 4.90. The Morgan fingerprint density at radius 1 is 1.40 bits per heavy atom. The van der Waals surface area contributed by atoms with Gasteiger partial charge in [0.05, 0.1) is 5.02 Å². The molecule has 1 aromatic heterocycles. The molecule has 4 heteroatoms. The minimum absolute atomic E-state index is 0.0937. The summed E-state index contributed by atoms with van der Waals surface area (Å²) in [4.78, 5) is 16.7. The summed E-state index contributed by atoms with van der Waals surface area (Å²) in [5, 5.41) is 3.51. The number of aromatic nitrogens is 1. The highest BCUT2D eigenvalue weighted by Gasteiger charge is 2.35. The van der Waals surface area contributed by atoms with E-state index < -0.39 is 0 Å². The topological polar surface area (TPSA) is 42.0 Å². The molecule has 3 nitrogen and oxygen atoms in total. The highest BCUT2D eigenvalue weighted by molar-refractivity contribution is 6.30. The van der Waals surface area contributed by atoms with Crippen LogP contribution in [0.25, 0.3) is 0 Å². The van der Waals surface area contributed by atoms with Gasteiger partial charge in [-0.3, -0.25) is 4.79 Å². The molecule has 1 aromatic rings. The van der Waals surface area contributed by atoms with Crippen molar-refractivity contribution in [3.05, 3.63) is 23.4 Å². The molecule has 0 aliphatic heterocycles. The van der Waals surface area contributed by atoms with Crippen molar-refractivity contribution >= 4 is 23.3 Å². The van der Waals surface area contributed by atoms with Crippen molar-refractivity contribution in [3.8, 4) is 0 Å². The van der Waals surface area contributed by atoms with Crippen LogP contribution in [0, 0.1) is 23.7 Å². The molecule has 0 radical (unpaired) electrons. The summed E-state index contributed by atoms with van der Waals surface area (Å²) in [6, 6.07) is 3.49. The first-order valence-electron chi connectivity index (χ1n) is 7.39. The molecule has 1 N–H and O–H groups in total. The minimum Gasteiger partial charge on any atom is -0.310 e. The van der Waals surface area contributed by atoms with Crippen LogP contribution < -0.4 is 5.32 Å². The van der Waals surface area contributed by atoms with Crippen LogP contribution in [0.2, 0.25) is 5.02 Å². The Morgan fingerprint density at radius 3 is 2.75 bits per heavy atom. The van der Waals surface area contributed by atoms with Gasteiger partial charge in [-0.2, -0.15) is 0 Å². The van der Waals surface area contributed by atoms with E-state index in [-0.39, 0.29) is 11.8 Å². The maximum Gasteiger partial charge on any atom is 0.228 e. The quantitative estimate of drug-likeness (QED) is 0.899. The minimum atomic E-state index is 0.0937. The van der Waals surface area contributed by atoms with E-state index >= 15 is 0 Å². The van der Waals surface area contributed by atoms with Gasteiger partial charge in [-0.05, 0) is 42.7 Å². The summed E-state index contributed by atoms with van der Waals surface area (Å²) < 4.78 is 0. The number of halogens is 1. The number of nitrogens with zero attached hydrogens (tertiary/aromatic N) is 1. The van der Waals surface area contributed by atoms with E-state index in [1.807, 2.05) is 0 Å². The number of hydrogen-bond donors (Lipinski definition) is 1. The van der Waals surface area contributed by atoms with Crippen molar-refractivity contribution in [1.29, 1.82) is 0 Å². The third kappa shape index (κ3) is 3.72. The highest BCUT2D eigenvalue weighted by Crippen LogP contribution is 2.38. The number of anilines is 1.